The normalized spacial score (nSPS) is 9.96. The summed E-state index contributed by atoms with van der Waals surface area (Å²) in [6.07, 6.45) is 0. The maximum atomic E-state index is 12.7. The molecule has 5 nitrogen and oxygen atoms in total. The first-order valence-electron chi connectivity index (χ1n) is 7.09. The Morgan fingerprint density at radius 2 is 1.61 bits per heavy atom. The summed E-state index contributed by atoms with van der Waals surface area (Å²) in [5.74, 6) is -0.456. The quantitative estimate of drug-likeness (QED) is 0.816. The summed E-state index contributed by atoms with van der Waals surface area (Å²) in [6.45, 7) is -0.0249. The van der Waals surface area contributed by atoms with E-state index in [0.717, 1.165) is 5.56 Å². The number of halogens is 1. The lowest BCUT2D eigenvalue weighted by Gasteiger charge is -2.08. The van der Waals surface area contributed by atoms with Crippen molar-refractivity contribution in [2.24, 2.45) is 0 Å². The largest absolute Gasteiger partial charge is 0.484 e. The highest BCUT2D eigenvalue weighted by Crippen LogP contribution is 2.07. The first-order chi connectivity index (χ1) is 11.1. The van der Waals surface area contributed by atoms with Crippen molar-refractivity contribution in [2.45, 2.75) is 6.54 Å². The minimum Gasteiger partial charge on any atom is -0.484 e. The van der Waals surface area contributed by atoms with Crippen LogP contribution in [-0.4, -0.2) is 25.0 Å². The van der Waals surface area contributed by atoms with Gasteiger partial charge in [0.2, 0.25) is 5.91 Å². The molecule has 0 aliphatic rings. The molecular weight excluding hydrogens is 299 g/mol. The summed E-state index contributed by atoms with van der Waals surface area (Å²) < 4.78 is 18.0. The Kier molecular flexibility index (Phi) is 6.11. The highest BCUT2D eigenvalue weighted by Gasteiger charge is 2.06. The van der Waals surface area contributed by atoms with E-state index in [9.17, 15) is 14.0 Å². The van der Waals surface area contributed by atoms with Crippen LogP contribution in [-0.2, 0) is 16.1 Å². The van der Waals surface area contributed by atoms with Crippen LogP contribution in [0.2, 0.25) is 0 Å². The van der Waals surface area contributed by atoms with Crippen LogP contribution in [0.4, 0.5) is 4.39 Å². The predicted octanol–water partition coefficient (Wildman–Crippen LogP) is 1.64. The zero-order chi connectivity index (χ0) is 16.5. The van der Waals surface area contributed by atoms with Crippen molar-refractivity contribution >= 4 is 11.8 Å². The highest BCUT2D eigenvalue weighted by molar-refractivity contribution is 5.85. The van der Waals surface area contributed by atoms with E-state index in [4.69, 9.17) is 4.74 Å². The Labute approximate surface area is 133 Å². The molecule has 0 aliphatic carbocycles. The molecule has 0 bridgehead atoms. The van der Waals surface area contributed by atoms with Crippen LogP contribution in [0.3, 0.4) is 0 Å². The minimum absolute atomic E-state index is 0.141. The molecule has 6 heteroatoms. The third-order valence-corrected chi connectivity index (χ3v) is 2.96. The summed E-state index contributed by atoms with van der Waals surface area (Å²) in [7, 11) is 0. The zero-order valence-electron chi connectivity index (χ0n) is 12.4. The predicted molar refractivity (Wildman–Crippen MR) is 83.2 cm³/mol. The fraction of sp³-hybridized carbons (Fsp3) is 0.176. The molecule has 0 aromatic heterocycles. The van der Waals surface area contributed by atoms with E-state index >= 15 is 0 Å². The maximum Gasteiger partial charge on any atom is 0.258 e. The van der Waals surface area contributed by atoms with Gasteiger partial charge >= 0.3 is 0 Å². The summed E-state index contributed by atoms with van der Waals surface area (Å²) in [6, 6.07) is 14.7. The number of carbonyl (C=O) groups is 2. The van der Waals surface area contributed by atoms with Gasteiger partial charge in [-0.2, -0.15) is 0 Å². The zero-order valence-corrected chi connectivity index (χ0v) is 12.4. The van der Waals surface area contributed by atoms with E-state index in [1.807, 2.05) is 6.07 Å². The number of hydrogen-bond donors (Lipinski definition) is 2. The van der Waals surface area contributed by atoms with Crippen LogP contribution < -0.4 is 15.4 Å². The van der Waals surface area contributed by atoms with Crippen LogP contribution >= 0.6 is 0 Å². The number of hydrogen-bond acceptors (Lipinski definition) is 3. The first kappa shape index (κ1) is 16.5. The maximum absolute atomic E-state index is 12.7. The number of nitrogens with one attached hydrogen (secondary N) is 2. The molecule has 2 aromatic rings. The third-order valence-electron chi connectivity index (χ3n) is 2.96. The van der Waals surface area contributed by atoms with Crippen molar-refractivity contribution in [1.29, 1.82) is 0 Å². The van der Waals surface area contributed by atoms with Gasteiger partial charge in [-0.05, 0) is 29.8 Å². The van der Waals surface area contributed by atoms with Crippen LogP contribution in [0.1, 0.15) is 5.56 Å². The van der Waals surface area contributed by atoms with Gasteiger partial charge in [0.05, 0.1) is 6.54 Å². The average Bonchev–Trinajstić information content (AvgIpc) is 2.58. The third kappa shape index (κ3) is 6.17. The first-order valence-corrected chi connectivity index (χ1v) is 7.09. The fourth-order valence-corrected chi connectivity index (χ4v) is 1.76. The topological polar surface area (TPSA) is 67.4 Å². The van der Waals surface area contributed by atoms with Crippen molar-refractivity contribution in [3.05, 3.63) is 66.0 Å². The second kappa shape index (κ2) is 8.53. The van der Waals surface area contributed by atoms with Gasteiger partial charge in [-0.3, -0.25) is 9.59 Å². The van der Waals surface area contributed by atoms with Gasteiger partial charge in [-0.15, -0.1) is 0 Å². The summed E-state index contributed by atoms with van der Waals surface area (Å²) in [5, 5.41) is 5.09. The molecule has 0 spiro atoms. The smallest absolute Gasteiger partial charge is 0.258 e. The van der Waals surface area contributed by atoms with Gasteiger partial charge in [0.15, 0.2) is 6.61 Å². The van der Waals surface area contributed by atoms with E-state index in [1.165, 1.54) is 12.1 Å². The molecule has 2 aromatic carbocycles. The van der Waals surface area contributed by atoms with Crippen LogP contribution in [0.25, 0.3) is 0 Å². The van der Waals surface area contributed by atoms with Gasteiger partial charge in [0.1, 0.15) is 11.6 Å². The number of para-hydroxylation sites is 1. The van der Waals surface area contributed by atoms with Gasteiger partial charge in [0.25, 0.3) is 5.91 Å². The Bertz CT molecular complexity index is 645. The molecule has 0 fully saturated rings. The molecule has 2 N–H and O–H groups in total. The van der Waals surface area contributed by atoms with Crippen molar-refractivity contribution in [3.8, 4) is 5.75 Å². The van der Waals surface area contributed by atoms with Gasteiger partial charge in [-0.25, -0.2) is 4.39 Å². The van der Waals surface area contributed by atoms with Crippen molar-refractivity contribution in [2.75, 3.05) is 13.2 Å². The Hall–Kier alpha value is -2.89. The van der Waals surface area contributed by atoms with Crippen molar-refractivity contribution in [1.82, 2.24) is 10.6 Å². The molecule has 0 saturated heterocycles. The molecule has 0 saturated carbocycles. The molecule has 120 valence electrons. The van der Waals surface area contributed by atoms with E-state index < -0.39 is 0 Å². The summed E-state index contributed by atoms with van der Waals surface area (Å²) >= 11 is 0. The summed E-state index contributed by atoms with van der Waals surface area (Å²) in [5.41, 5.74) is 0.776. The van der Waals surface area contributed by atoms with E-state index in [-0.39, 0.29) is 37.3 Å². The number of benzene rings is 2. The average molecular weight is 316 g/mol. The molecule has 0 atom stereocenters. The van der Waals surface area contributed by atoms with Crippen LogP contribution in [0, 0.1) is 5.82 Å². The van der Waals surface area contributed by atoms with Gasteiger partial charge in [-0.1, -0.05) is 30.3 Å². The lowest BCUT2D eigenvalue weighted by Crippen LogP contribution is -2.38. The van der Waals surface area contributed by atoms with Gasteiger partial charge < -0.3 is 15.4 Å². The van der Waals surface area contributed by atoms with Crippen LogP contribution in [0.5, 0.6) is 5.75 Å². The molecule has 2 amide bonds. The molecule has 2 rings (SSSR count). The Morgan fingerprint density at radius 1 is 0.913 bits per heavy atom. The lowest BCUT2D eigenvalue weighted by molar-refractivity contribution is -0.127. The molecule has 0 unspecified atom stereocenters. The molecule has 0 heterocycles. The van der Waals surface area contributed by atoms with Crippen molar-refractivity contribution < 1.29 is 18.7 Å². The Balaban J connectivity index is 1.63. The SMILES string of the molecule is O=C(CNC(=O)COc1ccccc1)NCc1ccc(F)cc1. The molecule has 23 heavy (non-hydrogen) atoms. The highest BCUT2D eigenvalue weighted by atomic mass is 19.1. The Morgan fingerprint density at radius 3 is 2.30 bits per heavy atom. The minimum atomic E-state index is -0.384. The van der Waals surface area contributed by atoms with Crippen LogP contribution in [0.15, 0.2) is 54.6 Å². The second-order valence-corrected chi connectivity index (χ2v) is 4.78. The van der Waals surface area contributed by atoms with E-state index in [2.05, 4.69) is 10.6 Å². The number of amides is 2. The molecular formula is C17H17FN2O3. The lowest BCUT2D eigenvalue weighted by atomic mass is 10.2. The summed E-state index contributed by atoms with van der Waals surface area (Å²) in [4.78, 5) is 23.2. The molecule has 0 radical (unpaired) electrons. The van der Waals surface area contributed by atoms with Gasteiger partial charge in [0, 0.05) is 6.54 Å². The second-order valence-electron chi connectivity index (χ2n) is 4.78. The van der Waals surface area contributed by atoms with Crippen molar-refractivity contribution in [3.63, 3.8) is 0 Å². The molecule has 0 aliphatic heterocycles. The monoisotopic (exact) mass is 316 g/mol. The number of carbonyl (C=O) groups excluding carboxylic acids is 2. The van der Waals surface area contributed by atoms with E-state index in [0.29, 0.717) is 5.75 Å². The van der Waals surface area contributed by atoms with E-state index in [1.54, 1.807) is 36.4 Å². The standard InChI is InChI=1S/C17H17FN2O3/c18-14-8-6-13(7-9-14)10-19-16(21)11-20-17(22)12-23-15-4-2-1-3-5-15/h1-9H,10-12H2,(H,19,21)(H,20,22). The fourth-order valence-electron chi connectivity index (χ4n) is 1.76. The number of rotatable bonds is 7. The number of ether oxygens (including phenoxy) is 1.